The first-order valence-electron chi connectivity index (χ1n) is 9.61. The van der Waals surface area contributed by atoms with Crippen molar-refractivity contribution in [3.05, 3.63) is 76.8 Å². The SMILES string of the molecule is Nc1cc(Oc2ccc(CNC(=O)c3nc(-c4cc(O)c(N)c(Cl)c4)n[nH]3)cc2)ccc1F. The third-order valence-electron chi connectivity index (χ3n) is 4.65. The first kappa shape index (κ1) is 21.9. The van der Waals surface area contributed by atoms with E-state index in [9.17, 15) is 14.3 Å². The molecule has 0 aliphatic carbocycles. The molecule has 168 valence electrons. The van der Waals surface area contributed by atoms with Crippen LogP contribution in [0.5, 0.6) is 17.2 Å². The number of nitrogen functional groups attached to an aromatic ring is 2. The fourth-order valence-corrected chi connectivity index (χ4v) is 3.10. The first-order valence-corrected chi connectivity index (χ1v) is 9.98. The van der Waals surface area contributed by atoms with Crippen LogP contribution in [-0.2, 0) is 6.54 Å². The number of H-pyrrole nitrogens is 1. The number of aromatic amines is 1. The van der Waals surface area contributed by atoms with Crippen molar-refractivity contribution in [2.24, 2.45) is 0 Å². The van der Waals surface area contributed by atoms with Crippen LogP contribution < -0.4 is 21.5 Å². The van der Waals surface area contributed by atoms with Crippen LogP contribution in [0.2, 0.25) is 5.02 Å². The highest BCUT2D eigenvalue weighted by Gasteiger charge is 2.15. The van der Waals surface area contributed by atoms with Crippen LogP contribution in [0.3, 0.4) is 0 Å². The van der Waals surface area contributed by atoms with Crippen molar-refractivity contribution in [2.75, 3.05) is 11.5 Å². The number of nitrogens with zero attached hydrogens (tertiary/aromatic N) is 2. The van der Waals surface area contributed by atoms with Crippen molar-refractivity contribution in [3.8, 4) is 28.6 Å². The minimum Gasteiger partial charge on any atom is -0.506 e. The fourth-order valence-electron chi connectivity index (χ4n) is 2.89. The van der Waals surface area contributed by atoms with E-state index in [1.807, 2.05) is 0 Å². The Labute approximate surface area is 192 Å². The van der Waals surface area contributed by atoms with E-state index in [0.717, 1.165) is 5.56 Å². The van der Waals surface area contributed by atoms with Gasteiger partial charge >= 0.3 is 0 Å². The minimum absolute atomic E-state index is 0.00120. The molecule has 0 radical (unpaired) electrons. The Morgan fingerprint density at radius 2 is 1.85 bits per heavy atom. The first-order chi connectivity index (χ1) is 15.8. The maximum atomic E-state index is 13.3. The molecule has 0 saturated heterocycles. The number of aromatic nitrogens is 3. The number of carbonyl (C=O) groups excluding carboxylic acids is 1. The van der Waals surface area contributed by atoms with Crippen LogP contribution >= 0.6 is 11.6 Å². The van der Waals surface area contributed by atoms with E-state index < -0.39 is 11.7 Å². The number of rotatable bonds is 6. The monoisotopic (exact) mass is 468 g/mol. The van der Waals surface area contributed by atoms with Gasteiger partial charge in [0, 0.05) is 18.2 Å². The van der Waals surface area contributed by atoms with E-state index in [4.69, 9.17) is 27.8 Å². The van der Waals surface area contributed by atoms with Gasteiger partial charge < -0.3 is 26.6 Å². The van der Waals surface area contributed by atoms with Gasteiger partial charge in [-0.2, -0.15) is 5.10 Å². The summed E-state index contributed by atoms with van der Waals surface area (Å²) in [7, 11) is 0. The lowest BCUT2D eigenvalue weighted by atomic mass is 10.2. The van der Waals surface area contributed by atoms with E-state index in [0.29, 0.717) is 17.1 Å². The zero-order chi connectivity index (χ0) is 23.5. The van der Waals surface area contributed by atoms with Crippen LogP contribution in [0.25, 0.3) is 11.4 Å². The highest BCUT2D eigenvalue weighted by atomic mass is 35.5. The van der Waals surface area contributed by atoms with Gasteiger partial charge in [-0.1, -0.05) is 23.7 Å². The van der Waals surface area contributed by atoms with E-state index in [2.05, 4.69) is 20.5 Å². The summed E-state index contributed by atoms with van der Waals surface area (Å²) < 4.78 is 18.9. The molecule has 11 heteroatoms. The molecule has 7 N–H and O–H groups in total. The smallest absolute Gasteiger partial charge is 0.288 e. The predicted octanol–water partition coefficient (Wildman–Crippen LogP) is 3.86. The third-order valence-corrected chi connectivity index (χ3v) is 4.96. The van der Waals surface area contributed by atoms with Crippen molar-refractivity contribution < 1.29 is 19.0 Å². The standard InChI is InChI=1S/C22H18ClFN6O3/c23-15-7-12(8-18(31)19(15)26)20-28-21(30-29-20)22(32)27-10-11-1-3-13(4-2-11)33-14-5-6-16(24)17(25)9-14/h1-9,31H,10,25-26H2,(H,27,32)(H,28,29,30). The van der Waals surface area contributed by atoms with Gasteiger partial charge in [-0.3, -0.25) is 9.89 Å². The van der Waals surface area contributed by atoms with Crippen molar-refractivity contribution in [2.45, 2.75) is 6.54 Å². The lowest BCUT2D eigenvalue weighted by Crippen LogP contribution is -2.24. The van der Waals surface area contributed by atoms with Gasteiger partial charge in [-0.25, -0.2) is 9.37 Å². The highest BCUT2D eigenvalue weighted by Crippen LogP contribution is 2.33. The summed E-state index contributed by atoms with van der Waals surface area (Å²) in [6.07, 6.45) is 0. The molecule has 0 bridgehead atoms. The number of anilines is 2. The van der Waals surface area contributed by atoms with Gasteiger partial charge in [0.2, 0.25) is 5.82 Å². The summed E-state index contributed by atoms with van der Waals surface area (Å²) in [5, 5.41) is 19.2. The molecule has 1 aromatic heterocycles. The van der Waals surface area contributed by atoms with E-state index >= 15 is 0 Å². The molecule has 0 saturated carbocycles. The normalized spacial score (nSPS) is 10.7. The summed E-state index contributed by atoms with van der Waals surface area (Å²) in [6.45, 7) is 0.229. The second-order valence-corrected chi connectivity index (χ2v) is 7.42. The van der Waals surface area contributed by atoms with Crippen molar-refractivity contribution in [1.29, 1.82) is 0 Å². The number of benzene rings is 3. The molecule has 0 fully saturated rings. The van der Waals surface area contributed by atoms with E-state index in [1.54, 1.807) is 24.3 Å². The molecule has 0 spiro atoms. The molecule has 3 aromatic carbocycles. The second-order valence-electron chi connectivity index (χ2n) is 7.01. The third kappa shape index (κ3) is 4.96. The lowest BCUT2D eigenvalue weighted by molar-refractivity contribution is 0.0941. The molecule has 0 aliphatic rings. The Balaban J connectivity index is 1.36. The molecule has 1 heterocycles. The van der Waals surface area contributed by atoms with E-state index in [1.165, 1.54) is 30.3 Å². The highest BCUT2D eigenvalue weighted by molar-refractivity contribution is 6.33. The van der Waals surface area contributed by atoms with Crippen molar-refractivity contribution >= 4 is 28.9 Å². The summed E-state index contributed by atoms with van der Waals surface area (Å²) in [6, 6.07) is 13.9. The van der Waals surface area contributed by atoms with Gasteiger partial charge in [-0.15, -0.1) is 0 Å². The zero-order valence-electron chi connectivity index (χ0n) is 17.0. The van der Waals surface area contributed by atoms with Crippen molar-refractivity contribution in [3.63, 3.8) is 0 Å². The number of nitrogens with two attached hydrogens (primary N) is 2. The number of halogens is 2. The number of aromatic hydroxyl groups is 1. The Morgan fingerprint density at radius 1 is 1.12 bits per heavy atom. The maximum absolute atomic E-state index is 13.3. The Morgan fingerprint density at radius 3 is 2.55 bits per heavy atom. The summed E-state index contributed by atoms with van der Waals surface area (Å²) in [5.74, 6) is -0.0762. The molecule has 4 rings (SSSR count). The number of phenolic OH excluding ortho intramolecular Hbond substituents is 1. The molecule has 0 atom stereocenters. The summed E-state index contributed by atoms with van der Waals surface area (Å²) in [4.78, 5) is 16.5. The Bertz CT molecular complexity index is 1300. The largest absolute Gasteiger partial charge is 0.506 e. The number of ether oxygens (including phenoxy) is 1. The second kappa shape index (κ2) is 9.05. The summed E-state index contributed by atoms with van der Waals surface area (Å²) >= 11 is 5.97. The van der Waals surface area contributed by atoms with Gasteiger partial charge in [0.25, 0.3) is 5.91 Å². The van der Waals surface area contributed by atoms with Gasteiger partial charge in [0.1, 0.15) is 23.1 Å². The van der Waals surface area contributed by atoms with Gasteiger partial charge in [0.05, 0.1) is 16.4 Å². The molecule has 0 aliphatic heterocycles. The quantitative estimate of drug-likeness (QED) is 0.213. The number of carbonyl (C=O) groups is 1. The van der Waals surface area contributed by atoms with E-state index in [-0.39, 0.29) is 40.3 Å². The average Bonchev–Trinajstić information content (AvgIpc) is 3.29. The lowest BCUT2D eigenvalue weighted by Gasteiger charge is -2.08. The molecular formula is C22H18ClFN6O3. The van der Waals surface area contributed by atoms with Crippen LogP contribution in [0.1, 0.15) is 16.2 Å². The minimum atomic E-state index is -0.511. The Hall–Kier alpha value is -4.31. The summed E-state index contributed by atoms with van der Waals surface area (Å²) in [5.41, 5.74) is 12.4. The molecule has 9 nitrogen and oxygen atoms in total. The van der Waals surface area contributed by atoms with Crippen molar-refractivity contribution in [1.82, 2.24) is 20.5 Å². The van der Waals surface area contributed by atoms with Crippen LogP contribution in [0.4, 0.5) is 15.8 Å². The van der Waals surface area contributed by atoms with Crippen LogP contribution in [0.15, 0.2) is 54.6 Å². The molecule has 1 amide bonds. The number of phenols is 1. The average molecular weight is 469 g/mol. The number of nitrogens with one attached hydrogen (secondary N) is 2. The number of amides is 1. The predicted molar refractivity (Wildman–Crippen MR) is 121 cm³/mol. The molecule has 0 unspecified atom stereocenters. The maximum Gasteiger partial charge on any atom is 0.288 e. The topological polar surface area (TPSA) is 152 Å². The molecule has 4 aromatic rings. The number of hydrogen-bond acceptors (Lipinski definition) is 7. The molecular weight excluding hydrogens is 451 g/mol. The fraction of sp³-hybridized carbons (Fsp3) is 0.0455. The zero-order valence-corrected chi connectivity index (χ0v) is 17.7. The Kier molecular flexibility index (Phi) is 6.01. The van der Waals surface area contributed by atoms with Gasteiger partial charge in [-0.05, 0) is 42.0 Å². The number of hydrogen-bond donors (Lipinski definition) is 5. The van der Waals surface area contributed by atoms with Crippen LogP contribution in [-0.4, -0.2) is 26.2 Å². The van der Waals surface area contributed by atoms with Crippen LogP contribution in [0, 0.1) is 5.82 Å². The van der Waals surface area contributed by atoms with Gasteiger partial charge in [0.15, 0.2) is 5.82 Å². The molecule has 33 heavy (non-hydrogen) atoms.